The van der Waals surface area contributed by atoms with E-state index >= 15 is 28.8 Å². The number of benzene rings is 7. The van der Waals surface area contributed by atoms with E-state index in [0.29, 0.717) is 58.0 Å². The summed E-state index contributed by atoms with van der Waals surface area (Å²) in [4.78, 5) is 145. The second kappa shape index (κ2) is 48.9. The van der Waals surface area contributed by atoms with Crippen LogP contribution in [-0.2, 0) is 68.5 Å². The van der Waals surface area contributed by atoms with Gasteiger partial charge in [0.25, 0.3) is 0 Å². The summed E-state index contributed by atoms with van der Waals surface area (Å²) >= 11 is 14.9. The molecule has 0 aromatic heterocycles. The van der Waals surface area contributed by atoms with Crippen LogP contribution in [0.2, 0.25) is 10.0 Å². The first-order chi connectivity index (χ1) is 69.3. The average molecular weight is 2060 g/mol. The molecule has 0 saturated carbocycles. The van der Waals surface area contributed by atoms with Gasteiger partial charge in [-0.3, -0.25) is 43.2 Å². The molecule has 145 heavy (non-hydrogen) atoms. The Bertz CT molecular complexity index is 5770. The molecule has 23 unspecified atom stereocenters. The van der Waals surface area contributed by atoms with E-state index in [2.05, 4.69) is 71.5 Å². The first-order valence-electron chi connectivity index (χ1n) is 47.6. The number of carbonyl (C=O) groups is 9. The Balaban J connectivity index is 0.976. The molecule has 9 heterocycles. The van der Waals surface area contributed by atoms with Crippen LogP contribution in [0.25, 0.3) is 0 Å². The molecule has 9 aliphatic heterocycles. The number of unbranched alkanes of at least 4 members (excludes halogenated alkanes) is 3. The van der Waals surface area contributed by atoms with E-state index in [1.165, 1.54) is 36.4 Å². The summed E-state index contributed by atoms with van der Waals surface area (Å²) in [5, 5.41) is 181. The number of hydrogen-bond donors (Lipinski definition) is 25. The second-order valence-corrected chi connectivity index (χ2v) is 37.8. The Morgan fingerprint density at radius 1 is 0.503 bits per heavy atom. The number of phenolic OH excluding ortho intramolecular Hbond substituents is 4. The zero-order chi connectivity index (χ0) is 104. The number of nitrogens with one attached hydrogen (secondary N) is 9. The van der Waals surface area contributed by atoms with Crippen molar-refractivity contribution in [2.75, 3.05) is 72.2 Å². The van der Waals surface area contributed by atoms with E-state index in [4.69, 9.17) is 77.3 Å². The Labute approximate surface area is 841 Å². The van der Waals surface area contributed by atoms with Crippen molar-refractivity contribution in [2.45, 2.75) is 219 Å². The average Bonchev–Trinajstić information content (AvgIpc) is 0.758. The number of ether oxygens (including phenoxy) is 9. The van der Waals surface area contributed by atoms with Gasteiger partial charge < -0.3 is 183 Å². The monoisotopic (exact) mass is 2060 g/mol. The molecule has 4 saturated heterocycles. The topological polar surface area (TPSA) is 687 Å². The number of halogens is 2. The maximum absolute atomic E-state index is 17.0. The molecule has 45 nitrogen and oxygen atoms in total. The largest absolute Gasteiger partial charge is 0.508 e. The van der Waals surface area contributed by atoms with Gasteiger partial charge in [0.1, 0.15) is 162 Å². The van der Waals surface area contributed by atoms with E-state index in [1.54, 1.807) is 0 Å². The lowest BCUT2D eigenvalue weighted by molar-refractivity contribution is -0.284. The van der Waals surface area contributed by atoms with Crippen molar-refractivity contribution in [1.82, 2.24) is 57.7 Å². The minimum atomic E-state index is -2.54. The quantitative estimate of drug-likeness (QED) is 0.0271. The molecule has 9 aliphatic rings. The van der Waals surface area contributed by atoms with Crippen molar-refractivity contribution in [3.8, 4) is 69.0 Å². The minimum absolute atomic E-state index is 0.0425. The Kier molecular flexibility index (Phi) is 36.6. The highest BCUT2D eigenvalue weighted by Crippen LogP contribution is 2.50. The third-order valence-electron chi connectivity index (χ3n) is 25.9. The number of piperazine rings is 1. The molecule has 784 valence electrons. The third kappa shape index (κ3) is 26.6. The van der Waals surface area contributed by atoms with E-state index < -0.39 is 282 Å². The molecule has 16 rings (SSSR count). The van der Waals surface area contributed by atoms with Crippen molar-refractivity contribution in [2.24, 2.45) is 17.4 Å². The lowest BCUT2D eigenvalue weighted by Crippen LogP contribution is -2.65. The standard InChI is InChI=1S/C98H121Cl2N13O32/c1-45(2)10-6-4-5-7-11-71(122)106-78-84(127)81(124)69(43-115)142-97(78)145-88-66-38-53-39-67(88)140-64-21-16-50(36-60(64)100)87(144-96-77(104-46(3)117)83(126)80(123)68(42-114)141-96)79(95(136)109-74(91(132)103-23-9-25-113-28-26-112(27-29-113)24-8-22-101)51-32-56(120)41-58(35-51)138-98-86(129)85(128)82(125)70(44-116)143-98)111-92(133)73(48-13-17-54(118)18-14-48)108-94(135)76(53)110-93(134)75-52-33-55(119)40-57(34-52)137-65-37-49(15-19-62(65)121)72(102)90(131)105-61(89(130)107-75)31-47-12-20-63(139-66)59(99)30-47/h12-21,30,32-41,45,61,68-70,72-87,96-98,114-116,118-121,123-129H,4-11,22-29,31,42-44,101-102H2,1-3H3,(H,103,132)(H,104,117)(H,105,131)(H,106,122)(H,107,130)(H,108,135)(H,109,136)(H,110,134)(H,111,133). The van der Waals surface area contributed by atoms with Gasteiger partial charge in [0.15, 0.2) is 29.3 Å². The van der Waals surface area contributed by atoms with Crippen LogP contribution in [-0.4, -0.2) is 311 Å². The zero-order valence-electron chi connectivity index (χ0n) is 79.0. The van der Waals surface area contributed by atoms with Gasteiger partial charge in [0, 0.05) is 64.6 Å². The highest BCUT2D eigenvalue weighted by atomic mass is 35.5. The number of aliphatic hydroxyl groups is 10. The predicted molar refractivity (Wildman–Crippen MR) is 511 cm³/mol. The van der Waals surface area contributed by atoms with Gasteiger partial charge in [-0.15, -0.1) is 0 Å². The number of phenols is 4. The van der Waals surface area contributed by atoms with Crippen LogP contribution in [0, 0.1) is 5.92 Å². The van der Waals surface area contributed by atoms with Crippen LogP contribution in [0.4, 0.5) is 0 Å². The third-order valence-corrected chi connectivity index (χ3v) is 26.5. The Hall–Kier alpha value is -12.2. The highest BCUT2D eigenvalue weighted by Gasteiger charge is 2.52. The van der Waals surface area contributed by atoms with Crippen LogP contribution in [0.15, 0.2) is 127 Å². The van der Waals surface area contributed by atoms with Crippen LogP contribution < -0.4 is 83.0 Å². The van der Waals surface area contributed by atoms with E-state index in [9.17, 15) is 85.9 Å². The summed E-state index contributed by atoms with van der Waals surface area (Å²) in [5.41, 5.74) is 10.8. The first-order valence-corrected chi connectivity index (χ1v) is 48.3. The molecule has 9 amide bonds. The van der Waals surface area contributed by atoms with Crippen molar-refractivity contribution < 1.29 is 157 Å². The fourth-order valence-corrected chi connectivity index (χ4v) is 18.5. The van der Waals surface area contributed by atoms with Gasteiger partial charge in [-0.05, 0) is 169 Å². The molecule has 7 aromatic rings. The SMILES string of the molecule is CC(=O)NC1C(OC2c3ccc(c(Cl)c3)Oc3cc4cc(c3OC3OC(CO)C(O)C(O)C3NC(=O)CCCCCCC(C)C)Oc3ccc(cc3Cl)CC3NC(=O)C(N)c5ccc(O)c(c5)Oc5cc(O)cc(c5)C(NC3=O)C(=O)NC4C(=O)NC(c3ccc(O)cc3)C(=O)NC2C(=O)NC(C(=O)NCCCN2CCN(CCCN)CC2)c2cc(O)cc(OC3OC(CO)C(O)C(O)C3O)c2)OC(CO)C(O)C1O. The van der Waals surface area contributed by atoms with E-state index in [-0.39, 0.29) is 75.0 Å². The zero-order valence-corrected chi connectivity index (χ0v) is 80.5. The summed E-state index contributed by atoms with van der Waals surface area (Å²) in [7, 11) is 0. The number of aromatic hydroxyl groups is 4. The number of aliphatic hydroxyl groups excluding tert-OH is 10. The van der Waals surface area contributed by atoms with Gasteiger partial charge in [-0.2, -0.15) is 0 Å². The summed E-state index contributed by atoms with van der Waals surface area (Å²) in [5.74, 6) is -16.5. The summed E-state index contributed by atoms with van der Waals surface area (Å²) in [6.07, 6.45) is -23.7. The fourth-order valence-electron chi connectivity index (χ4n) is 18.0. The van der Waals surface area contributed by atoms with E-state index in [0.717, 1.165) is 130 Å². The van der Waals surface area contributed by atoms with Gasteiger partial charge >= 0.3 is 0 Å². The number of nitrogens with zero attached hydrogens (tertiary/aromatic N) is 2. The number of amides is 9. The molecule has 0 radical (unpaired) electrons. The molecule has 47 heteroatoms. The molecule has 7 aromatic carbocycles. The van der Waals surface area contributed by atoms with Gasteiger partial charge in [0.2, 0.25) is 71.5 Å². The molecule has 27 N–H and O–H groups in total. The number of nitrogens with two attached hydrogens (primary N) is 2. The normalized spacial score (nSPS) is 27.6. The van der Waals surface area contributed by atoms with Crippen LogP contribution in [0.5, 0.6) is 69.0 Å². The Morgan fingerprint density at radius 3 is 1.68 bits per heavy atom. The molecule has 23 atom stereocenters. The predicted octanol–water partition coefficient (Wildman–Crippen LogP) is 0.427. The molecular formula is C98H121Cl2N13O32. The van der Waals surface area contributed by atoms with Crippen LogP contribution in [0.3, 0.4) is 0 Å². The Morgan fingerprint density at radius 2 is 1.06 bits per heavy atom. The number of rotatable bonds is 30. The first kappa shape index (κ1) is 109. The lowest BCUT2D eigenvalue weighted by atomic mass is 9.95. The number of hydrogen-bond acceptors (Lipinski definition) is 36. The van der Waals surface area contributed by atoms with Crippen LogP contribution >= 0.6 is 23.2 Å². The molecule has 13 bridgehead atoms. The molecule has 0 aliphatic carbocycles. The summed E-state index contributed by atoms with van der Waals surface area (Å²) in [6, 6.07) is 5.03. The number of carbonyl (C=O) groups excluding carboxylic acids is 9. The maximum Gasteiger partial charge on any atom is 0.248 e. The maximum atomic E-state index is 17.0. The molecule has 4 fully saturated rings. The number of fused-ring (bicyclic) bond motifs is 15. The van der Waals surface area contributed by atoms with Gasteiger partial charge in [-0.1, -0.05) is 93.1 Å². The molecular weight excluding hydrogens is 1940 g/mol. The highest BCUT2D eigenvalue weighted by molar-refractivity contribution is 6.32. The van der Waals surface area contributed by atoms with E-state index in [1.807, 2.05) is 0 Å². The van der Waals surface area contributed by atoms with Crippen LogP contribution in [0.1, 0.15) is 147 Å². The fraction of sp³-hybridized carbons (Fsp3) is 0.480. The summed E-state index contributed by atoms with van der Waals surface area (Å²) < 4.78 is 57.8. The minimum Gasteiger partial charge on any atom is -0.508 e. The second-order valence-electron chi connectivity index (χ2n) is 37.0. The van der Waals surface area contributed by atoms with Crippen molar-refractivity contribution in [3.05, 3.63) is 176 Å². The smallest absolute Gasteiger partial charge is 0.248 e. The lowest BCUT2D eigenvalue weighted by Gasteiger charge is -2.44. The summed E-state index contributed by atoms with van der Waals surface area (Å²) in [6.45, 7) is 6.44. The van der Waals surface area contributed by atoms with Crippen molar-refractivity contribution in [1.29, 1.82) is 0 Å². The van der Waals surface area contributed by atoms with Gasteiger partial charge in [0.05, 0.1) is 29.9 Å². The van der Waals surface area contributed by atoms with Gasteiger partial charge in [-0.25, -0.2) is 0 Å². The van der Waals surface area contributed by atoms with Crippen molar-refractivity contribution >= 4 is 76.4 Å². The van der Waals surface area contributed by atoms with Crippen molar-refractivity contribution in [3.63, 3.8) is 0 Å². The molecule has 0 spiro atoms.